The predicted octanol–water partition coefficient (Wildman–Crippen LogP) is 8.46. The Morgan fingerprint density at radius 2 is 1.54 bits per heavy atom. The lowest BCUT2D eigenvalue weighted by Crippen LogP contribution is -2.41. The highest BCUT2D eigenvalue weighted by Gasteiger charge is 2.52. The van der Waals surface area contributed by atoms with Crippen LogP contribution in [0.2, 0.25) is 17.5 Å². The lowest BCUT2D eigenvalue weighted by Gasteiger charge is -2.46. The van der Waals surface area contributed by atoms with Crippen LogP contribution < -0.4 is 0 Å². The zero-order chi connectivity index (χ0) is 17.8. The van der Waals surface area contributed by atoms with E-state index in [1.165, 1.54) is 77.0 Å². The van der Waals surface area contributed by atoms with E-state index in [2.05, 4.69) is 19.1 Å². The molecule has 0 aliphatic heterocycles. The van der Waals surface area contributed by atoms with Crippen molar-refractivity contribution in [2.45, 2.75) is 134 Å². The van der Waals surface area contributed by atoms with E-state index in [0.717, 1.165) is 30.1 Å². The van der Waals surface area contributed by atoms with Crippen LogP contribution in [0, 0.1) is 11.3 Å². The van der Waals surface area contributed by atoms with Gasteiger partial charge in [-0.05, 0) is 30.6 Å². The Balaban J connectivity index is 1.59. The van der Waals surface area contributed by atoms with Gasteiger partial charge < -0.3 is 0 Å². The van der Waals surface area contributed by atoms with Gasteiger partial charge in [0, 0.05) is 0 Å². The van der Waals surface area contributed by atoms with Crippen molar-refractivity contribution in [1.29, 1.82) is 0 Å². The maximum atomic E-state index is 2.76. The molecule has 0 aromatic rings. The van der Waals surface area contributed by atoms with Crippen molar-refractivity contribution in [2.24, 2.45) is 11.3 Å². The van der Waals surface area contributed by atoms with Gasteiger partial charge in [0.15, 0.2) is 6.71 Å². The van der Waals surface area contributed by atoms with Gasteiger partial charge in [-0.1, -0.05) is 126 Å². The summed E-state index contributed by atoms with van der Waals surface area (Å²) < 4.78 is 0. The van der Waals surface area contributed by atoms with Crippen molar-refractivity contribution in [3.63, 3.8) is 0 Å². The third kappa shape index (κ3) is 3.98. The molecule has 0 radical (unpaired) electrons. The summed E-state index contributed by atoms with van der Waals surface area (Å²) in [7, 11) is 0. The molecular weight excluding hydrogens is 311 g/mol. The van der Waals surface area contributed by atoms with Crippen LogP contribution in [0.25, 0.3) is 0 Å². The van der Waals surface area contributed by atoms with Crippen LogP contribution in [0.4, 0.5) is 0 Å². The second kappa shape index (κ2) is 8.87. The smallest absolute Gasteiger partial charge is 0.0848 e. The van der Waals surface area contributed by atoms with Crippen LogP contribution in [-0.4, -0.2) is 6.71 Å². The molecule has 0 saturated heterocycles. The highest BCUT2D eigenvalue weighted by Crippen LogP contribution is 2.62. The summed E-state index contributed by atoms with van der Waals surface area (Å²) in [6.45, 7) is 3.45. The summed E-state index contributed by atoms with van der Waals surface area (Å²) in [5.41, 5.74) is 0.623. The highest BCUT2D eigenvalue weighted by molar-refractivity contribution is 6.64. The third-order valence-electron chi connectivity index (χ3n) is 9.03. The minimum Gasteiger partial charge on any atom is -0.0848 e. The fourth-order valence-electron chi connectivity index (χ4n) is 7.81. The summed E-state index contributed by atoms with van der Waals surface area (Å²) in [6.07, 6.45) is 31.2. The minimum atomic E-state index is 0.623. The fraction of sp³-hybridized carbons (Fsp3) is 0.920. The van der Waals surface area contributed by atoms with E-state index in [1.54, 1.807) is 32.1 Å². The Kier molecular flexibility index (Phi) is 6.53. The standard InChI is InChI=1S/C25H43B/c1-2-3-6-15-24(25-18-16-21(20-25)17-19-25)26(22-11-7-4-8-12-22)23-13-9-5-10-14-23/h16,18,21-24H,2-15,17,19-20H2,1H3. The molecule has 0 spiro atoms. The van der Waals surface area contributed by atoms with Gasteiger partial charge in [-0.3, -0.25) is 0 Å². The van der Waals surface area contributed by atoms with Crippen molar-refractivity contribution in [3.05, 3.63) is 12.2 Å². The van der Waals surface area contributed by atoms with Gasteiger partial charge in [0.25, 0.3) is 0 Å². The topological polar surface area (TPSA) is 0 Å². The van der Waals surface area contributed by atoms with E-state index in [0.29, 0.717) is 5.41 Å². The molecule has 0 amide bonds. The van der Waals surface area contributed by atoms with Gasteiger partial charge in [0.2, 0.25) is 0 Å². The first-order chi connectivity index (χ1) is 12.8. The molecule has 0 nitrogen and oxygen atoms in total. The van der Waals surface area contributed by atoms with Gasteiger partial charge in [0.05, 0.1) is 0 Å². The lowest BCUT2D eigenvalue weighted by atomic mass is 9.21. The van der Waals surface area contributed by atoms with Gasteiger partial charge in [0.1, 0.15) is 0 Å². The number of allylic oxidation sites excluding steroid dienone is 2. The fourth-order valence-corrected chi connectivity index (χ4v) is 7.81. The van der Waals surface area contributed by atoms with E-state index < -0.39 is 0 Å². The van der Waals surface area contributed by atoms with E-state index >= 15 is 0 Å². The zero-order valence-corrected chi connectivity index (χ0v) is 17.6. The van der Waals surface area contributed by atoms with Crippen molar-refractivity contribution in [1.82, 2.24) is 0 Å². The first-order valence-corrected chi connectivity index (χ1v) is 12.5. The molecule has 3 fully saturated rings. The predicted molar refractivity (Wildman–Crippen MR) is 116 cm³/mol. The molecule has 1 heteroatoms. The van der Waals surface area contributed by atoms with Gasteiger partial charge in [-0.15, -0.1) is 0 Å². The van der Waals surface area contributed by atoms with Crippen LogP contribution in [0.3, 0.4) is 0 Å². The lowest BCUT2D eigenvalue weighted by molar-refractivity contribution is 0.329. The van der Waals surface area contributed by atoms with E-state index in [4.69, 9.17) is 0 Å². The second-order valence-corrected chi connectivity index (χ2v) is 10.6. The molecule has 2 bridgehead atoms. The summed E-state index contributed by atoms with van der Waals surface area (Å²) in [4.78, 5) is 0. The molecule has 4 aliphatic rings. The van der Waals surface area contributed by atoms with E-state index in [1.807, 2.05) is 0 Å². The molecule has 3 unspecified atom stereocenters. The first kappa shape index (κ1) is 19.1. The molecule has 4 rings (SSSR count). The molecule has 0 aromatic carbocycles. The molecule has 0 N–H and O–H groups in total. The van der Waals surface area contributed by atoms with Crippen molar-refractivity contribution < 1.29 is 0 Å². The molecular formula is C25H43B. The summed E-state index contributed by atoms with van der Waals surface area (Å²) >= 11 is 0. The number of unbranched alkanes of at least 4 members (excludes halogenated alkanes) is 2. The van der Waals surface area contributed by atoms with E-state index in [9.17, 15) is 0 Å². The normalized spacial score (nSPS) is 33.7. The van der Waals surface area contributed by atoms with Gasteiger partial charge in [-0.2, -0.15) is 0 Å². The van der Waals surface area contributed by atoms with Crippen molar-refractivity contribution in [3.8, 4) is 0 Å². The Morgan fingerprint density at radius 3 is 2.00 bits per heavy atom. The Labute approximate surface area is 164 Å². The zero-order valence-electron chi connectivity index (χ0n) is 17.6. The molecule has 4 aliphatic carbocycles. The monoisotopic (exact) mass is 354 g/mol. The summed E-state index contributed by atoms with van der Waals surface area (Å²) in [5, 5.41) is 0. The molecule has 3 saturated carbocycles. The summed E-state index contributed by atoms with van der Waals surface area (Å²) in [6, 6.07) is 0. The number of hydrogen-bond acceptors (Lipinski definition) is 0. The number of fused-ring (bicyclic) bond motifs is 2. The molecule has 146 valence electrons. The average Bonchev–Trinajstić information content (AvgIpc) is 3.31. The molecule has 0 heterocycles. The maximum absolute atomic E-state index is 2.76. The molecule has 0 aromatic heterocycles. The van der Waals surface area contributed by atoms with E-state index in [-0.39, 0.29) is 0 Å². The van der Waals surface area contributed by atoms with Crippen LogP contribution in [0.15, 0.2) is 12.2 Å². The molecule has 3 atom stereocenters. The minimum absolute atomic E-state index is 0.623. The van der Waals surface area contributed by atoms with Gasteiger partial charge in [-0.25, -0.2) is 0 Å². The van der Waals surface area contributed by atoms with Gasteiger partial charge >= 0.3 is 0 Å². The molecule has 26 heavy (non-hydrogen) atoms. The maximum Gasteiger partial charge on any atom is 0.150 e. The largest absolute Gasteiger partial charge is 0.150 e. The first-order valence-electron chi connectivity index (χ1n) is 12.5. The number of rotatable bonds is 8. The summed E-state index contributed by atoms with van der Waals surface area (Å²) in [5.74, 6) is 4.10. The highest BCUT2D eigenvalue weighted by atomic mass is 14.5. The van der Waals surface area contributed by atoms with Crippen LogP contribution in [0.1, 0.15) is 116 Å². The quantitative estimate of drug-likeness (QED) is 0.233. The average molecular weight is 354 g/mol. The third-order valence-corrected chi connectivity index (χ3v) is 9.03. The SMILES string of the molecule is CCCCCC(B(C1CCCCC1)C1CCCCC1)C12C=CC(CC1)C2. The Hall–Kier alpha value is -0.195. The number of hydrogen-bond donors (Lipinski definition) is 0. The van der Waals surface area contributed by atoms with Crippen LogP contribution >= 0.6 is 0 Å². The second-order valence-electron chi connectivity index (χ2n) is 10.6. The Bertz CT molecular complexity index is 439. The van der Waals surface area contributed by atoms with Crippen molar-refractivity contribution in [2.75, 3.05) is 0 Å². The Morgan fingerprint density at radius 1 is 0.885 bits per heavy atom. The van der Waals surface area contributed by atoms with Crippen LogP contribution in [0.5, 0.6) is 0 Å². The van der Waals surface area contributed by atoms with Crippen molar-refractivity contribution >= 4 is 6.71 Å². The van der Waals surface area contributed by atoms with Crippen LogP contribution in [-0.2, 0) is 0 Å².